The number of hydrogen-bond acceptors (Lipinski definition) is 2. The Morgan fingerprint density at radius 2 is 2.05 bits per heavy atom. The average Bonchev–Trinajstić information content (AvgIpc) is 2.88. The van der Waals surface area contributed by atoms with Crippen LogP contribution in [0.25, 0.3) is 0 Å². The van der Waals surface area contributed by atoms with Gasteiger partial charge in [-0.3, -0.25) is 4.79 Å². The molecule has 19 heavy (non-hydrogen) atoms. The molecule has 0 aliphatic heterocycles. The SMILES string of the molecule is COCc1cccc(CNC(=O)C2(C)CC2(Cl)Cl)c1. The zero-order valence-corrected chi connectivity index (χ0v) is 12.5. The van der Waals surface area contributed by atoms with E-state index in [4.69, 9.17) is 27.9 Å². The second-order valence-electron chi connectivity index (χ2n) is 5.15. The molecule has 3 nitrogen and oxygen atoms in total. The Hall–Kier alpha value is -0.770. The zero-order valence-electron chi connectivity index (χ0n) is 11.0. The number of methoxy groups -OCH3 is 1. The van der Waals surface area contributed by atoms with Crippen LogP contribution in [-0.4, -0.2) is 17.4 Å². The molecule has 1 aromatic carbocycles. The molecule has 0 radical (unpaired) electrons. The van der Waals surface area contributed by atoms with Gasteiger partial charge in [-0.1, -0.05) is 24.3 Å². The minimum Gasteiger partial charge on any atom is -0.380 e. The van der Waals surface area contributed by atoms with E-state index < -0.39 is 9.75 Å². The third-order valence-electron chi connectivity index (χ3n) is 3.51. The summed E-state index contributed by atoms with van der Waals surface area (Å²) >= 11 is 12.0. The van der Waals surface area contributed by atoms with Crippen LogP contribution in [0.15, 0.2) is 24.3 Å². The van der Waals surface area contributed by atoms with Gasteiger partial charge in [0.2, 0.25) is 5.91 Å². The quantitative estimate of drug-likeness (QED) is 0.849. The van der Waals surface area contributed by atoms with Gasteiger partial charge in [0.05, 0.1) is 12.0 Å². The molecule has 0 aromatic heterocycles. The highest BCUT2D eigenvalue weighted by Crippen LogP contribution is 2.63. The Balaban J connectivity index is 1.92. The maximum atomic E-state index is 12.0. The van der Waals surface area contributed by atoms with Crippen LogP contribution in [0.1, 0.15) is 24.5 Å². The van der Waals surface area contributed by atoms with Gasteiger partial charge in [0.1, 0.15) is 4.33 Å². The van der Waals surface area contributed by atoms with E-state index in [9.17, 15) is 4.79 Å². The molecule has 0 bridgehead atoms. The number of halogens is 2. The molecule has 5 heteroatoms. The lowest BCUT2D eigenvalue weighted by molar-refractivity contribution is -0.125. The lowest BCUT2D eigenvalue weighted by Gasteiger charge is -2.13. The summed E-state index contributed by atoms with van der Waals surface area (Å²) in [6.07, 6.45) is 0.499. The van der Waals surface area contributed by atoms with Gasteiger partial charge in [-0.15, -0.1) is 23.2 Å². The van der Waals surface area contributed by atoms with Crippen molar-refractivity contribution in [3.05, 3.63) is 35.4 Å². The van der Waals surface area contributed by atoms with Crippen LogP contribution in [0.5, 0.6) is 0 Å². The molecule has 1 aromatic rings. The Labute approximate surface area is 123 Å². The Bertz CT molecular complexity index is 490. The van der Waals surface area contributed by atoms with Gasteiger partial charge in [-0.25, -0.2) is 0 Å². The van der Waals surface area contributed by atoms with E-state index in [1.54, 1.807) is 14.0 Å². The van der Waals surface area contributed by atoms with Crippen LogP contribution in [0.4, 0.5) is 0 Å². The molecule has 1 atom stereocenters. The van der Waals surface area contributed by atoms with Gasteiger partial charge < -0.3 is 10.1 Å². The van der Waals surface area contributed by atoms with Crippen molar-refractivity contribution < 1.29 is 9.53 Å². The molecule has 104 valence electrons. The number of carbonyl (C=O) groups is 1. The minimum atomic E-state index is -0.922. The topological polar surface area (TPSA) is 38.3 Å². The van der Waals surface area contributed by atoms with E-state index in [2.05, 4.69) is 5.32 Å². The first-order chi connectivity index (χ1) is 8.89. The smallest absolute Gasteiger partial charge is 0.229 e. The highest BCUT2D eigenvalue weighted by molar-refractivity contribution is 6.53. The van der Waals surface area contributed by atoms with Crippen molar-refractivity contribution in [2.24, 2.45) is 5.41 Å². The van der Waals surface area contributed by atoms with Crippen LogP contribution < -0.4 is 5.32 Å². The summed E-state index contributed by atoms with van der Waals surface area (Å²) in [5.74, 6) is -0.102. The monoisotopic (exact) mass is 301 g/mol. The predicted octanol–water partition coefficient (Wildman–Crippen LogP) is 3.03. The van der Waals surface area contributed by atoms with Gasteiger partial charge >= 0.3 is 0 Å². The van der Waals surface area contributed by atoms with E-state index in [1.165, 1.54) is 0 Å². The van der Waals surface area contributed by atoms with E-state index in [0.29, 0.717) is 19.6 Å². The lowest BCUT2D eigenvalue weighted by Crippen LogP contribution is -2.32. The Morgan fingerprint density at radius 1 is 1.42 bits per heavy atom. The molecule has 1 aliphatic rings. The van der Waals surface area contributed by atoms with Crippen molar-refractivity contribution in [3.8, 4) is 0 Å². The molecular weight excluding hydrogens is 285 g/mol. The van der Waals surface area contributed by atoms with E-state index in [-0.39, 0.29) is 5.91 Å². The molecule has 1 N–H and O–H groups in total. The van der Waals surface area contributed by atoms with Crippen molar-refractivity contribution in [1.29, 1.82) is 0 Å². The van der Waals surface area contributed by atoms with Crippen LogP contribution in [0.2, 0.25) is 0 Å². The van der Waals surface area contributed by atoms with Gasteiger partial charge in [-0.2, -0.15) is 0 Å². The van der Waals surface area contributed by atoms with Crippen LogP contribution >= 0.6 is 23.2 Å². The second-order valence-corrected chi connectivity index (χ2v) is 6.63. The molecule has 0 heterocycles. The van der Waals surface area contributed by atoms with Crippen molar-refractivity contribution in [1.82, 2.24) is 5.32 Å². The average molecular weight is 302 g/mol. The number of hydrogen-bond donors (Lipinski definition) is 1. The summed E-state index contributed by atoms with van der Waals surface area (Å²) in [5.41, 5.74) is 1.44. The normalized spacial score (nSPS) is 24.0. The maximum absolute atomic E-state index is 12.0. The van der Waals surface area contributed by atoms with Gasteiger partial charge in [0.15, 0.2) is 0 Å². The summed E-state index contributed by atoms with van der Waals surface area (Å²) in [7, 11) is 1.66. The number of nitrogens with one attached hydrogen (secondary N) is 1. The molecule has 0 spiro atoms. The number of benzene rings is 1. The van der Waals surface area contributed by atoms with E-state index in [0.717, 1.165) is 11.1 Å². The summed E-state index contributed by atoms with van der Waals surface area (Å²) in [5, 5.41) is 2.88. The third-order valence-corrected chi connectivity index (χ3v) is 4.62. The fourth-order valence-corrected chi connectivity index (χ4v) is 2.73. The largest absolute Gasteiger partial charge is 0.380 e. The number of ether oxygens (including phenoxy) is 1. The highest BCUT2D eigenvalue weighted by Gasteiger charge is 2.67. The first kappa shape index (κ1) is 14.6. The van der Waals surface area contributed by atoms with Crippen molar-refractivity contribution in [2.75, 3.05) is 7.11 Å². The van der Waals surface area contributed by atoms with Crippen molar-refractivity contribution in [2.45, 2.75) is 30.8 Å². The zero-order chi connectivity index (χ0) is 14.1. The van der Waals surface area contributed by atoms with E-state index >= 15 is 0 Å². The van der Waals surface area contributed by atoms with Crippen LogP contribution in [-0.2, 0) is 22.7 Å². The number of alkyl halides is 2. The number of rotatable bonds is 5. The fourth-order valence-electron chi connectivity index (χ4n) is 2.02. The van der Waals surface area contributed by atoms with Gasteiger partial charge in [0, 0.05) is 13.7 Å². The Kier molecular flexibility index (Phi) is 4.09. The molecule has 2 rings (SSSR count). The maximum Gasteiger partial charge on any atom is 0.229 e. The minimum absolute atomic E-state index is 0.102. The molecule has 1 fully saturated rings. The fraction of sp³-hybridized carbons (Fsp3) is 0.500. The predicted molar refractivity (Wildman–Crippen MR) is 76.2 cm³/mol. The van der Waals surface area contributed by atoms with Crippen molar-refractivity contribution >= 4 is 29.1 Å². The van der Waals surface area contributed by atoms with Crippen molar-refractivity contribution in [3.63, 3.8) is 0 Å². The first-order valence-electron chi connectivity index (χ1n) is 6.12. The van der Waals surface area contributed by atoms with E-state index in [1.807, 2.05) is 24.3 Å². The number of amides is 1. The summed E-state index contributed by atoms with van der Waals surface area (Å²) in [6, 6.07) is 7.90. The summed E-state index contributed by atoms with van der Waals surface area (Å²) < 4.78 is 4.16. The lowest BCUT2D eigenvalue weighted by atomic mass is 10.1. The molecule has 1 amide bonds. The molecule has 1 unspecified atom stereocenters. The van der Waals surface area contributed by atoms with Gasteiger partial charge in [-0.05, 0) is 24.5 Å². The Morgan fingerprint density at radius 3 is 2.63 bits per heavy atom. The first-order valence-corrected chi connectivity index (χ1v) is 6.87. The molecule has 0 saturated heterocycles. The summed E-state index contributed by atoms with van der Waals surface area (Å²) in [4.78, 5) is 12.0. The standard InChI is InChI=1S/C14H17Cl2NO2/c1-13(9-14(13,15)16)12(18)17-7-10-4-3-5-11(6-10)8-19-2/h3-6H,7-9H2,1-2H3,(H,17,18). The molecule has 1 aliphatic carbocycles. The highest BCUT2D eigenvalue weighted by atomic mass is 35.5. The van der Waals surface area contributed by atoms with Crippen LogP contribution in [0, 0.1) is 5.41 Å². The number of carbonyl (C=O) groups excluding carboxylic acids is 1. The molecular formula is C14H17Cl2NO2. The second kappa shape index (κ2) is 5.31. The van der Waals surface area contributed by atoms with Gasteiger partial charge in [0.25, 0.3) is 0 Å². The molecule has 1 saturated carbocycles. The van der Waals surface area contributed by atoms with Crippen LogP contribution in [0.3, 0.4) is 0 Å². The third kappa shape index (κ3) is 3.04. The summed E-state index contributed by atoms with van der Waals surface area (Å²) in [6.45, 7) is 2.81.